The highest BCUT2D eigenvalue weighted by Crippen LogP contribution is 2.29. The second-order valence-electron chi connectivity index (χ2n) is 6.71. The molecule has 1 saturated carbocycles. The summed E-state index contributed by atoms with van der Waals surface area (Å²) >= 11 is 1.11. The largest absolute Gasteiger partial charge is 0.269 e. The summed E-state index contributed by atoms with van der Waals surface area (Å²) in [6.45, 7) is 0.702. The molecule has 0 amide bonds. The molecular weight excluding hydrogens is 356 g/mol. The zero-order chi connectivity index (χ0) is 18.1. The lowest BCUT2D eigenvalue weighted by molar-refractivity contribution is 0.300. The normalized spacial score (nSPS) is 15.6. The van der Waals surface area contributed by atoms with Gasteiger partial charge in [0.15, 0.2) is 5.65 Å². The quantitative estimate of drug-likeness (QED) is 0.630. The van der Waals surface area contributed by atoms with Crippen LogP contribution in [-0.4, -0.2) is 14.2 Å². The van der Waals surface area contributed by atoms with Gasteiger partial charge in [-0.1, -0.05) is 31.0 Å². The van der Waals surface area contributed by atoms with E-state index < -0.39 is 11.6 Å². The fourth-order valence-electron chi connectivity index (χ4n) is 3.53. The van der Waals surface area contributed by atoms with Crippen LogP contribution in [0.4, 0.5) is 8.78 Å². The average Bonchev–Trinajstić information content (AvgIpc) is 2.93. The highest BCUT2D eigenvalue weighted by atomic mass is 32.2. The molecule has 136 valence electrons. The van der Waals surface area contributed by atoms with Crippen LogP contribution in [0, 0.1) is 17.6 Å². The summed E-state index contributed by atoms with van der Waals surface area (Å²) in [5, 5.41) is 0.560. The van der Waals surface area contributed by atoms with Crippen LogP contribution in [0.3, 0.4) is 0 Å². The van der Waals surface area contributed by atoms with Gasteiger partial charge >= 0.3 is 0 Å². The molecular formula is C19H19F2N3OS. The van der Waals surface area contributed by atoms with Crippen LogP contribution < -0.4 is 5.56 Å². The molecule has 0 bridgehead atoms. The van der Waals surface area contributed by atoms with E-state index in [0.717, 1.165) is 30.7 Å². The van der Waals surface area contributed by atoms with Crippen LogP contribution in [0.15, 0.2) is 51.2 Å². The minimum absolute atomic E-state index is 0.0711. The monoisotopic (exact) mass is 375 g/mol. The van der Waals surface area contributed by atoms with Gasteiger partial charge in [0.05, 0.1) is 0 Å². The van der Waals surface area contributed by atoms with Crippen LogP contribution in [0.1, 0.15) is 32.1 Å². The topological polar surface area (TPSA) is 39.3 Å². The van der Waals surface area contributed by atoms with E-state index in [0.29, 0.717) is 28.0 Å². The van der Waals surface area contributed by atoms with Crippen LogP contribution in [0.2, 0.25) is 0 Å². The Balaban J connectivity index is 1.60. The fourth-order valence-corrected chi connectivity index (χ4v) is 4.31. The molecule has 3 aromatic rings. The Hall–Kier alpha value is -2.15. The summed E-state index contributed by atoms with van der Waals surface area (Å²) < 4.78 is 30.4. The van der Waals surface area contributed by atoms with Crippen molar-refractivity contribution in [2.24, 2.45) is 5.92 Å². The van der Waals surface area contributed by atoms with Gasteiger partial charge in [-0.3, -0.25) is 4.79 Å². The van der Waals surface area contributed by atoms with Crippen molar-refractivity contribution in [1.82, 2.24) is 14.2 Å². The van der Waals surface area contributed by atoms with Gasteiger partial charge < -0.3 is 0 Å². The van der Waals surface area contributed by atoms with E-state index in [1.807, 2.05) is 0 Å². The first-order valence-electron chi connectivity index (χ1n) is 8.82. The maximum atomic E-state index is 13.8. The number of nitrogens with zero attached hydrogens (tertiary/aromatic N) is 3. The summed E-state index contributed by atoms with van der Waals surface area (Å²) in [7, 11) is 0. The van der Waals surface area contributed by atoms with Crippen LogP contribution >= 0.6 is 11.8 Å². The molecule has 0 spiro atoms. The Kier molecular flexibility index (Phi) is 4.80. The number of hydrogen-bond donors (Lipinski definition) is 0. The fraction of sp³-hybridized carbons (Fsp3) is 0.368. The molecule has 1 aliphatic carbocycles. The third-order valence-electron chi connectivity index (χ3n) is 4.85. The zero-order valence-corrected chi connectivity index (χ0v) is 15.0. The molecule has 4 nitrogen and oxygen atoms in total. The van der Waals surface area contributed by atoms with Gasteiger partial charge in [0.2, 0.25) is 0 Å². The van der Waals surface area contributed by atoms with Crippen molar-refractivity contribution in [3.8, 4) is 0 Å². The molecule has 26 heavy (non-hydrogen) atoms. The molecule has 0 aliphatic heterocycles. The molecule has 1 aromatic carbocycles. The van der Waals surface area contributed by atoms with E-state index >= 15 is 0 Å². The minimum Gasteiger partial charge on any atom is -0.268 e. The van der Waals surface area contributed by atoms with Gasteiger partial charge in [-0.05, 0) is 37.0 Å². The highest BCUT2D eigenvalue weighted by molar-refractivity contribution is 7.99. The van der Waals surface area contributed by atoms with Gasteiger partial charge in [0.25, 0.3) is 5.56 Å². The lowest BCUT2D eigenvalue weighted by Crippen LogP contribution is -2.25. The van der Waals surface area contributed by atoms with Crippen molar-refractivity contribution in [3.05, 3.63) is 58.5 Å². The molecule has 0 unspecified atom stereocenters. The summed E-state index contributed by atoms with van der Waals surface area (Å²) in [5.41, 5.74) is 0.469. The predicted octanol–water partition coefficient (Wildman–Crippen LogP) is 4.51. The second kappa shape index (κ2) is 7.23. The smallest absolute Gasteiger partial charge is 0.268 e. The lowest BCUT2D eigenvalue weighted by atomic mass is 9.89. The number of fused-ring (bicyclic) bond motifs is 1. The molecule has 2 heterocycles. The van der Waals surface area contributed by atoms with Crippen molar-refractivity contribution in [2.45, 2.75) is 48.6 Å². The molecule has 2 aromatic heterocycles. The van der Waals surface area contributed by atoms with E-state index in [1.54, 1.807) is 21.5 Å². The molecule has 0 radical (unpaired) electrons. The van der Waals surface area contributed by atoms with Crippen LogP contribution in [-0.2, 0) is 6.54 Å². The number of rotatable bonds is 4. The van der Waals surface area contributed by atoms with Crippen LogP contribution in [0.5, 0.6) is 0 Å². The summed E-state index contributed by atoms with van der Waals surface area (Å²) in [6.07, 6.45) is 7.84. The van der Waals surface area contributed by atoms with Crippen molar-refractivity contribution in [2.75, 3.05) is 0 Å². The third-order valence-corrected chi connectivity index (χ3v) is 5.84. The molecule has 4 rings (SSSR count). The minimum atomic E-state index is -0.621. The Labute approximate surface area is 153 Å². The number of hydrogen-bond acceptors (Lipinski definition) is 3. The molecule has 0 N–H and O–H groups in total. The van der Waals surface area contributed by atoms with E-state index in [1.165, 1.54) is 37.5 Å². The van der Waals surface area contributed by atoms with Gasteiger partial charge in [0, 0.05) is 29.8 Å². The van der Waals surface area contributed by atoms with Gasteiger partial charge in [-0.15, -0.1) is 0 Å². The average molecular weight is 375 g/mol. The second-order valence-corrected chi connectivity index (χ2v) is 7.78. The molecule has 0 atom stereocenters. The van der Waals surface area contributed by atoms with Crippen molar-refractivity contribution in [3.63, 3.8) is 0 Å². The molecule has 1 fully saturated rings. The predicted molar refractivity (Wildman–Crippen MR) is 96.5 cm³/mol. The Morgan fingerprint density at radius 1 is 1.12 bits per heavy atom. The first-order valence-corrected chi connectivity index (χ1v) is 9.64. The van der Waals surface area contributed by atoms with Gasteiger partial charge in [-0.25, -0.2) is 23.0 Å². The van der Waals surface area contributed by atoms with E-state index in [4.69, 9.17) is 0 Å². The number of benzene rings is 1. The summed E-state index contributed by atoms with van der Waals surface area (Å²) in [4.78, 5) is 17.1. The maximum Gasteiger partial charge on any atom is 0.269 e. The molecule has 7 heteroatoms. The Bertz CT molecular complexity index is 992. The van der Waals surface area contributed by atoms with Gasteiger partial charge in [0.1, 0.15) is 16.7 Å². The first kappa shape index (κ1) is 17.3. The van der Waals surface area contributed by atoms with E-state index in [-0.39, 0.29) is 5.56 Å². The standard InChI is InChI=1S/C19H19F2N3OS/c20-14-6-7-16(15(21)10-14)26-18-8-9-23-17(22-18)11-19(25)24(23)12-13-4-2-1-3-5-13/h6-11,13H,1-5,12H2. The number of halogens is 2. The summed E-state index contributed by atoms with van der Waals surface area (Å²) in [5.74, 6) is -0.701. The van der Waals surface area contributed by atoms with E-state index in [2.05, 4.69) is 4.98 Å². The van der Waals surface area contributed by atoms with Crippen LogP contribution in [0.25, 0.3) is 5.65 Å². The zero-order valence-electron chi connectivity index (χ0n) is 14.2. The van der Waals surface area contributed by atoms with E-state index in [9.17, 15) is 13.6 Å². The SMILES string of the molecule is O=c1cc2nc(Sc3ccc(F)cc3F)ccn2n1CC1CCCCC1. The van der Waals surface area contributed by atoms with Gasteiger partial charge in [-0.2, -0.15) is 0 Å². The highest BCUT2D eigenvalue weighted by Gasteiger charge is 2.17. The number of aromatic nitrogens is 3. The first-order chi connectivity index (χ1) is 12.6. The lowest BCUT2D eigenvalue weighted by Gasteiger charge is -2.22. The molecule has 1 aliphatic rings. The molecule has 0 saturated heterocycles. The summed E-state index contributed by atoms with van der Waals surface area (Å²) in [6, 6.07) is 6.72. The van der Waals surface area contributed by atoms with Crippen molar-refractivity contribution in [1.29, 1.82) is 0 Å². The Morgan fingerprint density at radius 3 is 2.69 bits per heavy atom. The van der Waals surface area contributed by atoms with Crippen molar-refractivity contribution < 1.29 is 8.78 Å². The van der Waals surface area contributed by atoms with Crippen molar-refractivity contribution >= 4 is 17.4 Å². The third kappa shape index (κ3) is 3.53. The Morgan fingerprint density at radius 2 is 1.92 bits per heavy atom. The maximum absolute atomic E-state index is 13.8.